The van der Waals surface area contributed by atoms with Crippen molar-refractivity contribution in [2.45, 2.75) is 0 Å². The summed E-state index contributed by atoms with van der Waals surface area (Å²) < 4.78 is 2.46. The van der Waals surface area contributed by atoms with Gasteiger partial charge in [-0.05, 0) is 24.3 Å². The van der Waals surface area contributed by atoms with Crippen molar-refractivity contribution in [2.75, 3.05) is 5.73 Å². The van der Waals surface area contributed by atoms with Gasteiger partial charge in [-0.15, -0.1) is 11.3 Å². The Morgan fingerprint density at radius 1 is 1.29 bits per heavy atom. The Balaban J connectivity index is 2.68. The summed E-state index contributed by atoms with van der Waals surface area (Å²) in [5.41, 5.74) is 12.7. The molecule has 0 aliphatic heterocycles. The Labute approximate surface area is 84.8 Å². The van der Waals surface area contributed by atoms with Crippen molar-refractivity contribution < 1.29 is 0 Å². The van der Waals surface area contributed by atoms with Crippen LogP contribution in [0.5, 0.6) is 0 Å². The molecule has 1 nitrogen and oxygen atoms in total. The Morgan fingerprint density at radius 3 is 3.14 bits per heavy atom. The number of benzene rings is 1. The highest BCUT2D eigenvalue weighted by Crippen LogP contribution is 2.16. The highest BCUT2D eigenvalue weighted by Gasteiger charge is 2.01. The molecule has 0 amide bonds. The van der Waals surface area contributed by atoms with E-state index in [0.717, 1.165) is 10.9 Å². The molecule has 2 aromatic rings. The molecule has 0 atom stereocenters. The summed E-state index contributed by atoms with van der Waals surface area (Å²) in [6.07, 6.45) is 3.95. The van der Waals surface area contributed by atoms with Gasteiger partial charge in [-0.3, -0.25) is 0 Å². The van der Waals surface area contributed by atoms with Crippen LogP contribution in [0.1, 0.15) is 0 Å². The van der Waals surface area contributed by atoms with Gasteiger partial charge in [-0.1, -0.05) is 17.5 Å². The molecule has 1 aliphatic rings. The lowest BCUT2D eigenvalue weighted by atomic mass is 10.2. The van der Waals surface area contributed by atoms with E-state index in [2.05, 4.69) is 17.5 Å². The third-order valence-corrected chi connectivity index (χ3v) is 3.37. The van der Waals surface area contributed by atoms with Gasteiger partial charge in [0.05, 0.1) is 5.22 Å². The fourth-order valence-electron chi connectivity index (χ4n) is 1.61. The molecule has 0 saturated carbocycles. The van der Waals surface area contributed by atoms with Crippen molar-refractivity contribution in [3.8, 4) is 0 Å². The second kappa shape index (κ2) is 2.63. The number of fused-ring (bicyclic) bond motifs is 3. The number of nitrogen functional groups attached to an aromatic ring is 1. The summed E-state index contributed by atoms with van der Waals surface area (Å²) in [5.74, 6) is 0. The summed E-state index contributed by atoms with van der Waals surface area (Å²) >= 11 is 1.74. The molecule has 2 heteroatoms. The van der Waals surface area contributed by atoms with Crippen LogP contribution in [0.2, 0.25) is 0 Å². The number of rotatable bonds is 0. The van der Waals surface area contributed by atoms with E-state index in [9.17, 15) is 0 Å². The minimum atomic E-state index is 0.813. The summed E-state index contributed by atoms with van der Waals surface area (Å²) in [7, 11) is 0. The van der Waals surface area contributed by atoms with Crippen LogP contribution >= 0.6 is 11.3 Å². The minimum absolute atomic E-state index is 0.813. The molecule has 0 unspecified atom stereocenters. The zero-order valence-electron chi connectivity index (χ0n) is 7.37. The molecule has 1 aromatic carbocycles. The molecule has 0 saturated heterocycles. The topological polar surface area (TPSA) is 26.0 Å². The summed E-state index contributed by atoms with van der Waals surface area (Å²) in [5, 5.41) is 2.36. The number of hydrogen-bond donors (Lipinski definition) is 1. The van der Waals surface area contributed by atoms with E-state index in [4.69, 9.17) is 5.73 Å². The standard InChI is InChI=1S/C12H7NS/c13-8-5-6-10-9-3-1-2-4-11(9)14-12(10)7-8/h2,4-7H,13H2. The molecule has 0 spiro atoms. The predicted molar refractivity (Wildman–Crippen MR) is 61.4 cm³/mol. The van der Waals surface area contributed by atoms with E-state index in [1.54, 1.807) is 11.3 Å². The van der Waals surface area contributed by atoms with E-state index in [0.29, 0.717) is 0 Å². The maximum Gasteiger partial charge on any atom is 0.0508 e. The highest BCUT2D eigenvalue weighted by atomic mass is 32.1. The molecule has 14 heavy (non-hydrogen) atoms. The maximum atomic E-state index is 5.73. The smallest absolute Gasteiger partial charge is 0.0508 e. The van der Waals surface area contributed by atoms with Gasteiger partial charge < -0.3 is 5.73 Å². The molecule has 1 aliphatic carbocycles. The van der Waals surface area contributed by atoms with Crippen molar-refractivity contribution in [3.05, 3.63) is 39.8 Å². The van der Waals surface area contributed by atoms with Crippen molar-refractivity contribution >= 4 is 38.9 Å². The van der Waals surface area contributed by atoms with Gasteiger partial charge in [0.25, 0.3) is 0 Å². The van der Waals surface area contributed by atoms with Gasteiger partial charge in [0, 0.05) is 20.3 Å². The molecule has 1 aromatic heterocycles. The largest absolute Gasteiger partial charge is 0.399 e. The summed E-state index contributed by atoms with van der Waals surface area (Å²) in [6, 6.07) is 5.98. The van der Waals surface area contributed by atoms with Crippen LogP contribution in [0.3, 0.4) is 0 Å². The average Bonchev–Trinajstić information content (AvgIpc) is 2.54. The first-order valence-electron chi connectivity index (χ1n) is 4.35. The molecule has 3 rings (SSSR count). The summed E-state index contributed by atoms with van der Waals surface area (Å²) in [4.78, 5) is 0. The molecular weight excluding hydrogens is 190 g/mol. The number of nitrogens with two attached hydrogens (primary N) is 1. The van der Waals surface area contributed by atoms with Crippen LogP contribution in [0.25, 0.3) is 21.9 Å². The number of hydrogen-bond acceptors (Lipinski definition) is 2. The van der Waals surface area contributed by atoms with Crippen molar-refractivity contribution in [1.29, 1.82) is 0 Å². The second-order valence-electron chi connectivity index (χ2n) is 3.20. The van der Waals surface area contributed by atoms with Crippen molar-refractivity contribution in [3.63, 3.8) is 0 Å². The quantitative estimate of drug-likeness (QED) is 0.501. The van der Waals surface area contributed by atoms with E-state index in [1.165, 1.54) is 14.6 Å². The first-order chi connectivity index (χ1) is 6.84. The third-order valence-electron chi connectivity index (χ3n) is 2.26. The average molecular weight is 197 g/mol. The van der Waals surface area contributed by atoms with Gasteiger partial charge in [0.2, 0.25) is 0 Å². The maximum absolute atomic E-state index is 5.73. The van der Waals surface area contributed by atoms with Gasteiger partial charge >= 0.3 is 0 Å². The molecule has 0 bridgehead atoms. The number of allylic oxidation sites excluding steroid dienone is 1. The van der Waals surface area contributed by atoms with Gasteiger partial charge in [0.15, 0.2) is 0 Å². The first kappa shape index (κ1) is 7.66. The van der Waals surface area contributed by atoms with Crippen LogP contribution < -0.4 is 15.5 Å². The SMILES string of the molecule is Nc1ccc2c3c(sc2c1)=CC=C=C=3. The monoisotopic (exact) mass is 197 g/mol. The Morgan fingerprint density at radius 2 is 2.21 bits per heavy atom. The third kappa shape index (κ3) is 0.966. The number of anilines is 1. The Hall–Kier alpha value is -1.72. The van der Waals surface area contributed by atoms with Crippen LogP contribution in [0.15, 0.2) is 30.0 Å². The molecule has 1 heterocycles. The number of thiophene rings is 1. The van der Waals surface area contributed by atoms with Crippen LogP contribution in [-0.4, -0.2) is 0 Å². The Bertz CT molecular complexity index is 709. The lowest BCUT2D eigenvalue weighted by Crippen LogP contribution is -2.17. The van der Waals surface area contributed by atoms with Crippen molar-refractivity contribution in [1.82, 2.24) is 0 Å². The second-order valence-corrected chi connectivity index (χ2v) is 4.28. The fourth-order valence-corrected chi connectivity index (χ4v) is 2.72. The zero-order valence-corrected chi connectivity index (χ0v) is 8.19. The molecule has 2 N–H and O–H groups in total. The van der Waals surface area contributed by atoms with Crippen LogP contribution in [0.4, 0.5) is 5.69 Å². The van der Waals surface area contributed by atoms with E-state index in [1.807, 2.05) is 24.3 Å². The van der Waals surface area contributed by atoms with Crippen molar-refractivity contribution in [2.24, 2.45) is 0 Å². The van der Waals surface area contributed by atoms with Crippen LogP contribution in [0, 0.1) is 0 Å². The summed E-state index contributed by atoms with van der Waals surface area (Å²) in [6.45, 7) is 0. The lowest BCUT2D eigenvalue weighted by molar-refractivity contribution is 1.74. The predicted octanol–water partition coefficient (Wildman–Crippen LogP) is 1.37. The van der Waals surface area contributed by atoms with E-state index < -0.39 is 0 Å². The highest BCUT2D eigenvalue weighted by molar-refractivity contribution is 7.17. The zero-order chi connectivity index (χ0) is 9.54. The Kier molecular flexibility index (Phi) is 1.44. The molecule has 0 radical (unpaired) electrons. The van der Waals surface area contributed by atoms with E-state index >= 15 is 0 Å². The fraction of sp³-hybridized carbons (Fsp3) is 0. The molecule has 66 valence electrons. The minimum Gasteiger partial charge on any atom is -0.399 e. The lowest BCUT2D eigenvalue weighted by Gasteiger charge is -1.90. The van der Waals surface area contributed by atoms with Gasteiger partial charge in [0.1, 0.15) is 0 Å². The molecular formula is C12H7NS. The van der Waals surface area contributed by atoms with Crippen LogP contribution in [-0.2, 0) is 0 Å². The molecule has 0 fully saturated rings. The normalized spacial score (nSPS) is 12.3. The first-order valence-corrected chi connectivity index (χ1v) is 5.16. The van der Waals surface area contributed by atoms with E-state index in [-0.39, 0.29) is 0 Å². The van der Waals surface area contributed by atoms with Gasteiger partial charge in [-0.25, -0.2) is 0 Å². The van der Waals surface area contributed by atoms with Gasteiger partial charge in [-0.2, -0.15) is 0 Å².